The molecule has 5 heterocycles. The number of hydrogen-bond acceptors (Lipinski definition) is 5. The van der Waals surface area contributed by atoms with Crippen LogP contribution in [0.1, 0.15) is 12.1 Å². The quantitative estimate of drug-likeness (QED) is 0.524. The molecule has 1 saturated heterocycles. The molecule has 0 amide bonds. The summed E-state index contributed by atoms with van der Waals surface area (Å²) in [4.78, 5) is 11.9. The molecule has 6 rings (SSSR count). The number of aromatic nitrogens is 4. The Morgan fingerprint density at radius 3 is 2.67 bits per heavy atom. The largest absolute Gasteiger partial charge is 0.378 e. The van der Waals surface area contributed by atoms with Crippen molar-refractivity contribution in [2.24, 2.45) is 0 Å². The Kier molecular flexibility index (Phi) is 4.23. The van der Waals surface area contributed by atoms with Crippen LogP contribution in [0.15, 0.2) is 54.7 Å². The predicted molar refractivity (Wildman–Crippen MR) is 118 cm³/mol. The van der Waals surface area contributed by atoms with Crippen LogP contribution < -0.4 is 4.90 Å². The number of hydrogen-bond donors (Lipinski definition) is 0. The van der Waals surface area contributed by atoms with E-state index in [1.807, 2.05) is 24.4 Å². The van der Waals surface area contributed by atoms with Crippen LogP contribution in [0.3, 0.4) is 0 Å². The van der Waals surface area contributed by atoms with Gasteiger partial charge in [0.25, 0.3) is 0 Å². The normalized spacial score (nSPS) is 16.2. The molecular formula is C24H23N5O. The van der Waals surface area contributed by atoms with Crippen molar-refractivity contribution in [2.45, 2.75) is 19.4 Å². The average molecular weight is 397 g/mol. The van der Waals surface area contributed by atoms with Gasteiger partial charge in [-0.3, -0.25) is 9.67 Å². The fraction of sp³-hybridized carbons (Fsp3) is 0.292. The molecule has 1 fully saturated rings. The number of rotatable bonds is 3. The molecule has 0 radical (unpaired) electrons. The number of anilines is 1. The number of benzene rings is 1. The number of pyridine rings is 2. The maximum atomic E-state index is 5.56. The van der Waals surface area contributed by atoms with Crippen LogP contribution in [0.4, 0.5) is 5.82 Å². The average Bonchev–Trinajstić information content (AvgIpc) is 3.41. The van der Waals surface area contributed by atoms with Gasteiger partial charge >= 0.3 is 0 Å². The summed E-state index contributed by atoms with van der Waals surface area (Å²) in [5.74, 6) is 1.01. The highest BCUT2D eigenvalue weighted by Crippen LogP contribution is 2.41. The molecule has 0 aliphatic carbocycles. The molecule has 1 aromatic carbocycles. The molecule has 0 bridgehead atoms. The van der Waals surface area contributed by atoms with Gasteiger partial charge in [0.05, 0.1) is 24.4 Å². The van der Waals surface area contributed by atoms with Gasteiger partial charge in [-0.1, -0.05) is 24.3 Å². The lowest BCUT2D eigenvalue weighted by Gasteiger charge is -2.28. The van der Waals surface area contributed by atoms with E-state index in [0.717, 1.165) is 73.8 Å². The van der Waals surface area contributed by atoms with Crippen LogP contribution in [-0.4, -0.2) is 46.1 Å². The SMILES string of the molecule is c1ccc(-c2nn3c(c2-c2cc(N4CCOCC4)nc4ccccc24)CCC3)nc1. The minimum atomic E-state index is 0.742. The molecule has 150 valence electrons. The van der Waals surface area contributed by atoms with Gasteiger partial charge < -0.3 is 9.64 Å². The van der Waals surface area contributed by atoms with E-state index >= 15 is 0 Å². The van der Waals surface area contributed by atoms with Crippen molar-refractivity contribution in [3.05, 3.63) is 60.4 Å². The molecule has 2 aliphatic heterocycles. The second-order valence-corrected chi connectivity index (χ2v) is 7.86. The molecule has 6 heteroatoms. The van der Waals surface area contributed by atoms with Crippen LogP contribution >= 0.6 is 0 Å². The van der Waals surface area contributed by atoms with E-state index in [-0.39, 0.29) is 0 Å². The minimum absolute atomic E-state index is 0.742. The summed E-state index contributed by atoms with van der Waals surface area (Å²) in [6.45, 7) is 4.18. The Labute approximate surface area is 175 Å². The summed E-state index contributed by atoms with van der Waals surface area (Å²) in [5, 5.41) is 6.15. The van der Waals surface area contributed by atoms with Gasteiger partial charge in [0.15, 0.2) is 0 Å². The molecule has 3 aromatic heterocycles. The molecule has 0 saturated carbocycles. The number of nitrogens with zero attached hydrogens (tertiary/aromatic N) is 5. The van der Waals surface area contributed by atoms with Crippen LogP contribution in [0.2, 0.25) is 0 Å². The van der Waals surface area contributed by atoms with E-state index in [9.17, 15) is 0 Å². The van der Waals surface area contributed by atoms with Crippen LogP contribution in [0, 0.1) is 0 Å². The highest BCUT2D eigenvalue weighted by molar-refractivity contribution is 6.00. The number of fused-ring (bicyclic) bond motifs is 2. The molecule has 0 atom stereocenters. The maximum Gasteiger partial charge on any atom is 0.130 e. The standard InChI is InChI=1S/C24H23N5O/c1-2-7-19-17(6-1)18(16-22(26-19)28-12-14-30-15-13-28)23-21-9-5-11-29(21)27-24(23)20-8-3-4-10-25-20/h1-4,6-8,10,16H,5,9,11-15H2. The van der Waals surface area contributed by atoms with E-state index in [1.54, 1.807) is 0 Å². The van der Waals surface area contributed by atoms with E-state index in [1.165, 1.54) is 16.8 Å². The lowest BCUT2D eigenvalue weighted by atomic mass is 9.96. The van der Waals surface area contributed by atoms with Crippen molar-refractivity contribution in [1.29, 1.82) is 0 Å². The summed E-state index contributed by atoms with van der Waals surface area (Å²) >= 11 is 0. The number of aryl methyl sites for hydroxylation is 1. The first kappa shape index (κ1) is 17.6. The number of ether oxygens (including phenoxy) is 1. The summed E-state index contributed by atoms with van der Waals surface area (Å²) in [6, 6.07) is 16.7. The zero-order valence-electron chi connectivity index (χ0n) is 16.8. The second kappa shape index (κ2) is 7.22. The van der Waals surface area contributed by atoms with Crippen LogP contribution in [-0.2, 0) is 17.7 Å². The van der Waals surface area contributed by atoms with Gasteiger partial charge in [0.2, 0.25) is 0 Å². The lowest BCUT2D eigenvalue weighted by molar-refractivity contribution is 0.122. The van der Waals surface area contributed by atoms with Gasteiger partial charge in [-0.2, -0.15) is 5.10 Å². The van der Waals surface area contributed by atoms with Gasteiger partial charge in [-0.15, -0.1) is 0 Å². The molecular weight excluding hydrogens is 374 g/mol. The molecule has 4 aromatic rings. The summed E-state index contributed by atoms with van der Waals surface area (Å²) < 4.78 is 7.73. The zero-order chi connectivity index (χ0) is 19.9. The molecule has 30 heavy (non-hydrogen) atoms. The molecule has 2 aliphatic rings. The minimum Gasteiger partial charge on any atom is -0.378 e. The van der Waals surface area contributed by atoms with Crippen molar-refractivity contribution in [2.75, 3.05) is 31.2 Å². The van der Waals surface area contributed by atoms with Gasteiger partial charge in [0, 0.05) is 42.5 Å². The first-order valence-corrected chi connectivity index (χ1v) is 10.6. The Bertz CT molecular complexity index is 1210. The highest BCUT2D eigenvalue weighted by atomic mass is 16.5. The zero-order valence-corrected chi connectivity index (χ0v) is 16.8. The summed E-state index contributed by atoms with van der Waals surface area (Å²) in [5.41, 5.74) is 6.62. The van der Waals surface area contributed by atoms with Crippen molar-refractivity contribution in [3.8, 4) is 22.5 Å². The van der Waals surface area contributed by atoms with E-state index in [2.05, 4.69) is 44.9 Å². The predicted octanol–water partition coefficient (Wildman–Crippen LogP) is 3.94. The first-order chi connectivity index (χ1) is 14.9. The Morgan fingerprint density at radius 2 is 1.80 bits per heavy atom. The van der Waals surface area contributed by atoms with Crippen molar-refractivity contribution >= 4 is 16.7 Å². The van der Waals surface area contributed by atoms with E-state index < -0.39 is 0 Å². The molecule has 6 nitrogen and oxygen atoms in total. The summed E-state index contributed by atoms with van der Waals surface area (Å²) in [6.07, 6.45) is 4.02. The Morgan fingerprint density at radius 1 is 0.933 bits per heavy atom. The fourth-order valence-electron chi connectivity index (χ4n) is 4.62. The number of morpholine rings is 1. The topological polar surface area (TPSA) is 56.1 Å². The maximum absolute atomic E-state index is 5.56. The first-order valence-electron chi connectivity index (χ1n) is 10.6. The van der Waals surface area contributed by atoms with Crippen molar-refractivity contribution in [3.63, 3.8) is 0 Å². The second-order valence-electron chi connectivity index (χ2n) is 7.86. The van der Waals surface area contributed by atoms with E-state index in [0.29, 0.717) is 0 Å². The van der Waals surface area contributed by atoms with Crippen LogP contribution in [0.5, 0.6) is 0 Å². The lowest BCUT2D eigenvalue weighted by Crippen LogP contribution is -2.36. The number of para-hydroxylation sites is 1. The fourth-order valence-corrected chi connectivity index (χ4v) is 4.62. The van der Waals surface area contributed by atoms with Gasteiger partial charge in [0.1, 0.15) is 11.5 Å². The van der Waals surface area contributed by atoms with Crippen molar-refractivity contribution in [1.82, 2.24) is 19.7 Å². The summed E-state index contributed by atoms with van der Waals surface area (Å²) in [7, 11) is 0. The van der Waals surface area contributed by atoms with Gasteiger partial charge in [-0.25, -0.2) is 4.98 Å². The van der Waals surface area contributed by atoms with Crippen LogP contribution in [0.25, 0.3) is 33.4 Å². The van der Waals surface area contributed by atoms with Gasteiger partial charge in [-0.05, 0) is 42.7 Å². The molecule has 0 N–H and O–H groups in total. The Balaban J connectivity index is 1.62. The molecule has 0 spiro atoms. The highest BCUT2D eigenvalue weighted by Gasteiger charge is 2.26. The third-order valence-corrected chi connectivity index (χ3v) is 6.06. The smallest absolute Gasteiger partial charge is 0.130 e. The third-order valence-electron chi connectivity index (χ3n) is 6.06. The molecule has 0 unspecified atom stereocenters. The van der Waals surface area contributed by atoms with E-state index in [4.69, 9.17) is 14.8 Å². The third kappa shape index (κ3) is 2.87. The van der Waals surface area contributed by atoms with Crippen molar-refractivity contribution < 1.29 is 4.74 Å². The monoisotopic (exact) mass is 397 g/mol. The Hall–Kier alpha value is -3.25.